The van der Waals surface area contributed by atoms with Gasteiger partial charge in [0.15, 0.2) is 0 Å². The fraction of sp³-hybridized carbons (Fsp3) is 0.176. The highest BCUT2D eigenvalue weighted by Gasteiger charge is 2.21. The van der Waals surface area contributed by atoms with E-state index in [0.717, 1.165) is 11.6 Å². The zero-order valence-electron chi connectivity index (χ0n) is 13.5. The molecule has 2 rings (SSSR count). The summed E-state index contributed by atoms with van der Waals surface area (Å²) in [5.41, 5.74) is 0.695. The van der Waals surface area contributed by atoms with E-state index in [4.69, 9.17) is 11.6 Å². The summed E-state index contributed by atoms with van der Waals surface area (Å²) in [6.45, 7) is 0.280. The topological polar surface area (TPSA) is 122 Å². The maximum atomic E-state index is 12.1. The summed E-state index contributed by atoms with van der Waals surface area (Å²) < 4.78 is 0. The van der Waals surface area contributed by atoms with Gasteiger partial charge in [-0.3, -0.25) is 25.0 Å². The number of rotatable bonds is 8. The van der Waals surface area contributed by atoms with Gasteiger partial charge in [0.2, 0.25) is 5.91 Å². The number of carboxylic acid groups (broad SMARTS) is 1. The molecule has 9 heteroatoms. The van der Waals surface area contributed by atoms with Gasteiger partial charge in [0, 0.05) is 18.7 Å². The van der Waals surface area contributed by atoms with Crippen molar-refractivity contribution in [3.8, 4) is 0 Å². The number of nitrogens with zero attached hydrogens (tertiary/aromatic N) is 1. The Labute approximate surface area is 153 Å². The number of amides is 1. The van der Waals surface area contributed by atoms with Crippen molar-refractivity contribution in [2.24, 2.45) is 0 Å². The third-order valence-corrected chi connectivity index (χ3v) is 3.85. The Hall–Kier alpha value is -2.97. The van der Waals surface area contributed by atoms with Crippen molar-refractivity contribution in [1.29, 1.82) is 0 Å². The van der Waals surface area contributed by atoms with Gasteiger partial charge < -0.3 is 10.4 Å². The fourth-order valence-electron chi connectivity index (χ4n) is 2.19. The molecule has 2 aromatic carbocycles. The summed E-state index contributed by atoms with van der Waals surface area (Å²) in [6, 6.07) is 11.6. The molecular formula is C17H16ClN3O5. The molecule has 26 heavy (non-hydrogen) atoms. The molecular weight excluding hydrogens is 362 g/mol. The first-order valence-corrected chi connectivity index (χ1v) is 7.98. The van der Waals surface area contributed by atoms with E-state index in [2.05, 4.69) is 10.6 Å². The van der Waals surface area contributed by atoms with Crippen LogP contribution in [0.25, 0.3) is 0 Å². The minimum atomic E-state index is -1.18. The molecule has 0 radical (unpaired) electrons. The van der Waals surface area contributed by atoms with Gasteiger partial charge in [0.1, 0.15) is 6.04 Å². The van der Waals surface area contributed by atoms with Gasteiger partial charge in [-0.15, -0.1) is 0 Å². The van der Waals surface area contributed by atoms with Crippen molar-refractivity contribution >= 4 is 34.9 Å². The van der Waals surface area contributed by atoms with Crippen LogP contribution in [-0.4, -0.2) is 27.9 Å². The molecule has 0 aliphatic heterocycles. The molecule has 0 saturated heterocycles. The lowest BCUT2D eigenvalue weighted by Gasteiger charge is -2.15. The first-order chi connectivity index (χ1) is 12.4. The number of halogens is 1. The van der Waals surface area contributed by atoms with E-state index in [0.29, 0.717) is 0 Å². The van der Waals surface area contributed by atoms with Crippen LogP contribution >= 0.6 is 11.6 Å². The molecule has 1 atom stereocenters. The van der Waals surface area contributed by atoms with Crippen LogP contribution in [0.4, 0.5) is 11.4 Å². The van der Waals surface area contributed by atoms with Gasteiger partial charge in [-0.25, -0.2) is 0 Å². The number of carbonyl (C=O) groups is 2. The number of nitro groups is 1. The van der Waals surface area contributed by atoms with Gasteiger partial charge >= 0.3 is 5.97 Å². The second-order valence-corrected chi connectivity index (χ2v) is 5.84. The molecule has 136 valence electrons. The SMILES string of the molecule is O=C(CC(NCc1ccccc1)C(=O)O)Nc1cc([N+](=O)[O-])ccc1Cl. The molecule has 0 fully saturated rings. The van der Waals surface area contributed by atoms with Crippen LogP contribution in [0.15, 0.2) is 48.5 Å². The molecule has 0 heterocycles. The largest absolute Gasteiger partial charge is 0.480 e. The van der Waals surface area contributed by atoms with E-state index in [-0.39, 0.29) is 29.4 Å². The van der Waals surface area contributed by atoms with Crippen LogP contribution in [0, 0.1) is 10.1 Å². The summed E-state index contributed by atoms with van der Waals surface area (Å²) >= 11 is 5.92. The average molecular weight is 378 g/mol. The lowest BCUT2D eigenvalue weighted by molar-refractivity contribution is -0.384. The summed E-state index contributed by atoms with van der Waals surface area (Å²) in [6.07, 6.45) is -0.360. The molecule has 0 spiro atoms. The number of nitro benzene ring substituents is 1. The van der Waals surface area contributed by atoms with Crippen molar-refractivity contribution in [2.75, 3.05) is 5.32 Å². The predicted octanol–water partition coefficient (Wildman–Crippen LogP) is 2.82. The molecule has 3 N–H and O–H groups in total. The van der Waals surface area contributed by atoms with Gasteiger partial charge in [0.25, 0.3) is 5.69 Å². The maximum Gasteiger partial charge on any atom is 0.321 e. The Morgan fingerprint density at radius 1 is 1.19 bits per heavy atom. The number of aliphatic carboxylic acids is 1. The van der Waals surface area contributed by atoms with Crippen molar-refractivity contribution in [3.05, 3.63) is 69.2 Å². The van der Waals surface area contributed by atoms with Crippen LogP contribution in [-0.2, 0) is 16.1 Å². The minimum Gasteiger partial charge on any atom is -0.480 e. The highest BCUT2D eigenvalue weighted by atomic mass is 35.5. The normalized spacial score (nSPS) is 11.6. The van der Waals surface area contributed by atoms with E-state index in [1.165, 1.54) is 12.1 Å². The van der Waals surface area contributed by atoms with Gasteiger partial charge in [0.05, 0.1) is 22.1 Å². The fourth-order valence-corrected chi connectivity index (χ4v) is 2.36. The number of hydrogen-bond donors (Lipinski definition) is 3. The first-order valence-electron chi connectivity index (χ1n) is 7.60. The van der Waals surface area contributed by atoms with Crippen LogP contribution in [0.5, 0.6) is 0 Å². The Kier molecular flexibility index (Phi) is 6.65. The van der Waals surface area contributed by atoms with Gasteiger partial charge in [-0.05, 0) is 11.6 Å². The molecule has 8 nitrogen and oxygen atoms in total. The number of nitrogens with one attached hydrogen (secondary N) is 2. The van der Waals surface area contributed by atoms with E-state index < -0.39 is 22.8 Å². The molecule has 0 aromatic heterocycles. The second kappa shape index (κ2) is 8.93. The Morgan fingerprint density at radius 3 is 2.50 bits per heavy atom. The molecule has 1 unspecified atom stereocenters. The third kappa shape index (κ3) is 5.54. The van der Waals surface area contributed by atoms with Gasteiger partial charge in [-0.2, -0.15) is 0 Å². The predicted molar refractivity (Wildman–Crippen MR) is 96.1 cm³/mol. The maximum absolute atomic E-state index is 12.1. The molecule has 1 amide bonds. The number of carboxylic acids is 1. The number of hydrogen-bond acceptors (Lipinski definition) is 5. The standard InChI is InChI=1S/C17H16ClN3O5/c18-13-7-6-12(21(25)26)8-14(13)20-16(22)9-15(17(23)24)19-10-11-4-2-1-3-5-11/h1-8,15,19H,9-10H2,(H,20,22)(H,23,24). The number of benzene rings is 2. The highest BCUT2D eigenvalue weighted by Crippen LogP contribution is 2.26. The van der Waals surface area contributed by atoms with Crippen LogP contribution < -0.4 is 10.6 Å². The van der Waals surface area contributed by atoms with Crippen LogP contribution in [0.1, 0.15) is 12.0 Å². The molecule has 0 aliphatic carbocycles. The van der Waals surface area contributed by atoms with Gasteiger partial charge in [-0.1, -0.05) is 41.9 Å². The molecule has 0 aliphatic rings. The summed E-state index contributed by atoms with van der Waals surface area (Å²) in [5, 5.41) is 25.4. The summed E-state index contributed by atoms with van der Waals surface area (Å²) in [5.74, 6) is -1.80. The average Bonchev–Trinajstić information content (AvgIpc) is 2.61. The van der Waals surface area contributed by atoms with E-state index in [1.54, 1.807) is 0 Å². The zero-order valence-corrected chi connectivity index (χ0v) is 14.3. The molecule has 0 saturated carbocycles. The van der Waals surface area contributed by atoms with Crippen molar-refractivity contribution in [1.82, 2.24) is 5.32 Å². The summed E-state index contributed by atoms with van der Waals surface area (Å²) in [4.78, 5) is 33.7. The van der Waals surface area contributed by atoms with E-state index >= 15 is 0 Å². The van der Waals surface area contributed by atoms with Crippen molar-refractivity contribution in [2.45, 2.75) is 19.0 Å². The van der Waals surface area contributed by atoms with Crippen LogP contribution in [0.3, 0.4) is 0 Å². The number of non-ortho nitro benzene ring substituents is 1. The number of anilines is 1. The minimum absolute atomic E-state index is 0.0538. The smallest absolute Gasteiger partial charge is 0.321 e. The summed E-state index contributed by atoms with van der Waals surface area (Å²) in [7, 11) is 0. The Balaban J connectivity index is 2.00. The van der Waals surface area contributed by atoms with E-state index in [1.807, 2.05) is 30.3 Å². The lowest BCUT2D eigenvalue weighted by atomic mass is 10.1. The van der Waals surface area contributed by atoms with E-state index in [9.17, 15) is 24.8 Å². The Morgan fingerprint density at radius 2 is 1.88 bits per heavy atom. The second-order valence-electron chi connectivity index (χ2n) is 5.43. The first kappa shape index (κ1) is 19.4. The van der Waals surface area contributed by atoms with Crippen molar-refractivity contribution in [3.63, 3.8) is 0 Å². The number of carbonyl (C=O) groups excluding carboxylic acids is 1. The third-order valence-electron chi connectivity index (χ3n) is 3.52. The monoisotopic (exact) mass is 377 g/mol. The quantitative estimate of drug-likeness (QED) is 0.480. The molecule has 0 bridgehead atoms. The lowest BCUT2D eigenvalue weighted by Crippen LogP contribution is -2.39. The highest BCUT2D eigenvalue weighted by molar-refractivity contribution is 6.33. The molecule has 2 aromatic rings. The van der Waals surface area contributed by atoms with Crippen LogP contribution in [0.2, 0.25) is 5.02 Å². The Bertz CT molecular complexity index is 813. The van der Waals surface area contributed by atoms with Crippen molar-refractivity contribution < 1.29 is 19.6 Å². The zero-order chi connectivity index (χ0) is 19.1.